The number of amides is 2. The lowest BCUT2D eigenvalue weighted by Crippen LogP contribution is -2.46. The highest BCUT2D eigenvalue weighted by Crippen LogP contribution is 2.11. The van der Waals surface area contributed by atoms with Gasteiger partial charge < -0.3 is 21.5 Å². The summed E-state index contributed by atoms with van der Waals surface area (Å²) in [5, 5.41) is 14.3. The summed E-state index contributed by atoms with van der Waals surface area (Å²) in [7, 11) is 0. The number of Topliss-reactive ketones (excluding diaryl/α,β-unsaturated/α-hetero) is 1. The highest BCUT2D eigenvalue weighted by atomic mass is 16.3. The predicted octanol–water partition coefficient (Wildman–Crippen LogP) is 2.06. The smallest absolute Gasteiger partial charge is 0.251 e. The number of aromatic nitrogens is 1. The number of carbonyl (C=O) groups excluding carboxylic acids is 3. The van der Waals surface area contributed by atoms with Crippen LogP contribution in [0.2, 0.25) is 0 Å². The van der Waals surface area contributed by atoms with E-state index in [9.17, 15) is 14.4 Å². The molecule has 0 saturated carbocycles. The Bertz CT molecular complexity index is 1230. The van der Waals surface area contributed by atoms with E-state index in [-0.39, 0.29) is 12.5 Å². The van der Waals surface area contributed by atoms with E-state index >= 15 is 0 Å². The fourth-order valence-electron chi connectivity index (χ4n) is 3.33. The van der Waals surface area contributed by atoms with Crippen molar-refractivity contribution in [1.29, 1.82) is 0 Å². The van der Waals surface area contributed by atoms with Crippen molar-refractivity contribution < 1.29 is 19.5 Å². The van der Waals surface area contributed by atoms with Gasteiger partial charge in [-0.1, -0.05) is 11.8 Å². The topological polar surface area (TPSA) is 134 Å². The molecule has 0 aliphatic heterocycles. The Morgan fingerprint density at radius 1 is 0.917 bits per heavy atom. The summed E-state index contributed by atoms with van der Waals surface area (Å²) in [5.74, 6) is 5.04. The normalized spacial score (nSPS) is 11.1. The quantitative estimate of drug-likeness (QED) is 0.326. The predicted molar refractivity (Wildman–Crippen MR) is 137 cm³/mol. The molecule has 0 saturated heterocycles. The Morgan fingerprint density at radius 3 is 2.11 bits per heavy atom. The van der Waals surface area contributed by atoms with Crippen molar-refractivity contribution in [2.75, 3.05) is 18.5 Å². The molecule has 2 aromatic carbocycles. The number of nitrogens with two attached hydrogens (primary N) is 1. The Hall–Kier alpha value is -4.32. The molecule has 5 N–H and O–H groups in total. The van der Waals surface area contributed by atoms with Crippen molar-refractivity contribution in [3.8, 4) is 11.8 Å². The molecule has 0 aliphatic rings. The summed E-state index contributed by atoms with van der Waals surface area (Å²) in [6.45, 7) is -0.777. The van der Waals surface area contributed by atoms with Crippen molar-refractivity contribution in [2.24, 2.45) is 5.73 Å². The number of aliphatic hydroxyl groups is 1. The van der Waals surface area contributed by atoms with E-state index in [4.69, 9.17) is 10.8 Å². The monoisotopic (exact) mass is 484 g/mol. The van der Waals surface area contributed by atoms with E-state index in [2.05, 4.69) is 27.5 Å². The van der Waals surface area contributed by atoms with Gasteiger partial charge in [-0.05, 0) is 79.1 Å². The van der Waals surface area contributed by atoms with Gasteiger partial charge in [-0.15, -0.1) is 0 Å². The zero-order valence-electron chi connectivity index (χ0n) is 19.7. The minimum absolute atomic E-state index is 0.0365. The first-order chi connectivity index (χ1) is 17.5. The molecule has 8 nitrogen and oxygen atoms in total. The summed E-state index contributed by atoms with van der Waals surface area (Å²) < 4.78 is 0. The SMILES string of the molecule is NC[C@H](NC(=O)c1ccc(C#Cc2ccc(NC(=O)CCCc3ccncc3)cc2)cc1)C(=O)CO. The third-order valence-electron chi connectivity index (χ3n) is 5.37. The van der Waals surface area contributed by atoms with Gasteiger partial charge >= 0.3 is 0 Å². The van der Waals surface area contributed by atoms with Gasteiger partial charge in [0.25, 0.3) is 5.91 Å². The molecule has 0 radical (unpaired) electrons. The van der Waals surface area contributed by atoms with Crippen molar-refractivity contribution in [3.05, 3.63) is 95.3 Å². The summed E-state index contributed by atoms with van der Waals surface area (Å²) in [6.07, 6.45) is 5.51. The van der Waals surface area contributed by atoms with Crippen LogP contribution in [0.5, 0.6) is 0 Å². The second kappa shape index (κ2) is 13.5. The molecule has 0 spiro atoms. The molecular weight excluding hydrogens is 456 g/mol. The number of benzene rings is 2. The average Bonchev–Trinajstić information content (AvgIpc) is 2.91. The van der Waals surface area contributed by atoms with Crippen LogP contribution < -0.4 is 16.4 Å². The molecular formula is C28H28N4O4. The van der Waals surface area contributed by atoms with E-state index in [1.807, 2.05) is 24.3 Å². The van der Waals surface area contributed by atoms with Crippen LogP contribution in [0.3, 0.4) is 0 Å². The van der Waals surface area contributed by atoms with Crippen LogP contribution >= 0.6 is 0 Å². The number of aliphatic hydroxyl groups excluding tert-OH is 1. The average molecular weight is 485 g/mol. The molecule has 36 heavy (non-hydrogen) atoms. The number of hydrogen-bond donors (Lipinski definition) is 4. The van der Waals surface area contributed by atoms with E-state index in [1.54, 1.807) is 48.8 Å². The maximum absolute atomic E-state index is 12.3. The van der Waals surface area contributed by atoms with Gasteiger partial charge in [0.2, 0.25) is 5.91 Å². The number of carbonyl (C=O) groups is 3. The minimum atomic E-state index is -0.929. The fraction of sp³-hybridized carbons (Fsp3) is 0.214. The summed E-state index contributed by atoms with van der Waals surface area (Å²) in [5.41, 5.74) is 9.19. The lowest BCUT2D eigenvalue weighted by molar-refractivity contribution is -0.123. The fourth-order valence-corrected chi connectivity index (χ4v) is 3.33. The molecule has 2 amide bonds. The standard InChI is InChI=1S/C28H28N4O4/c29-18-25(26(34)19-33)32-28(36)23-10-6-21(7-11-23)4-5-22-8-12-24(13-9-22)31-27(35)3-1-2-20-14-16-30-17-15-20/h6-17,25,33H,1-3,18-19,29H2,(H,31,35)(H,32,36)/t25-/m0/s1. The van der Waals surface area contributed by atoms with Crippen LogP contribution in [0.15, 0.2) is 73.1 Å². The third-order valence-corrected chi connectivity index (χ3v) is 5.37. The van der Waals surface area contributed by atoms with Crippen LogP contribution in [0.1, 0.15) is 39.9 Å². The van der Waals surface area contributed by atoms with Gasteiger partial charge in [0.05, 0.1) is 0 Å². The van der Waals surface area contributed by atoms with Gasteiger partial charge in [-0.3, -0.25) is 19.4 Å². The van der Waals surface area contributed by atoms with Crippen LogP contribution in [0.25, 0.3) is 0 Å². The van der Waals surface area contributed by atoms with Gasteiger partial charge in [0, 0.05) is 47.7 Å². The molecule has 0 bridgehead atoms. The number of anilines is 1. The van der Waals surface area contributed by atoms with Crippen molar-refractivity contribution >= 4 is 23.3 Å². The van der Waals surface area contributed by atoms with Crippen LogP contribution in [-0.4, -0.2) is 46.9 Å². The Kier molecular flexibility index (Phi) is 9.89. The van der Waals surface area contributed by atoms with Gasteiger partial charge in [-0.2, -0.15) is 0 Å². The lowest BCUT2D eigenvalue weighted by atomic mass is 10.1. The van der Waals surface area contributed by atoms with E-state index in [0.29, 0.717) is 23.2 Å². The van der Waals surface area contributed by atoms with Crippen LogP contribution in [0.4, 0.5) is 5.69 Å². The number of hydrogen-bond acceptors (Lipinski definition) is 6. The molecule has 0 aliphatic carbocycles. The van der Waals surface area contributed by atoms with Crippen molar-refractivity contribution in [1.82, 2.24) is 10.3 Å². The summed E-state index contributed by atoms with van der Waals surface area (Å²) in [6, 6.07) is 16.8. The van der Waals surface area contributed by atoms with Crippen molar-refractivity contribution in [3.63, 3.8) is 0 Å². The van der Waals surface area contributed by atoms with Crippen LogP contribution in [0, 0.1) is 11.8 Å². The molecule has 0 unspecified atom stereocenters. The number of pyridine rings is 1. The molecule has 1 heterocycles. The largest absolute Gasteiger partial charge is 0.388 e. The number of nitrogens with zero attached hydrogens (tertiary/aromatic N) is 1. The molecule has 0 fully saturated rings. The molecule has 3 aromatic rings. The summed E-state index contributed by atoms with van der Waals surface area (Å²) in [4.78, 5) is 40.0. The second-order valence-corrected chi connectivity index (χ2v) is 8.05. The molecule has 3 rings (SSSR count). The maximum Gasteiger partial charge on any atom is 0.251 e. The third kappa shape index (κ3) is 8.17. The highest BCUT2D eigenvalue weighted by molar-refractivity contribution is 5.98. The highest BCUT2D eigenvalue weighted by Gasteiger charge is 2.18. The first-order valence-corrected chi connectivity index (χ1v) is 11.5. The first-order valence-electron chi connectivity index (χ1n) is 11.5. The van der Waals surface area contributed by atoms with Crippen LogP contribution in [-0.2, 0) is 16.0 Å². The second-order valence-electron chi connectivity index (χ2n) is 8.05. The number of rotatable bonds is 10. The maximum atomic E-state index is 12.3. The number of aryl methyl sites for hydroxylation is 1. The van der Waals surface area contributed by atoms with E-state index in [0.717, 1.165) is 24.0 Å². The number of nitrogens with one attached hydrogen (secondary N) is 2. The Labute approximate surface area is 209 Å². The Morgan fingerprint density at radius 2 is 1.53 bits per heavy atom. The lowest BCUT2D eigenvalue weighted by Gasteiger charge is -2.14. The molecule has 1 atom stereocenters. The number of ketones is 1. The molecule has 1 aromatic heterocycles. The minimum Gasteiger partial charge on any atom is -0.388 e. The van der Waals surface area contributed by atoms with Gasteiger partial charge in [0.1, 0.15) is 12.6 Å². The van der Waals surface area contributed by atoms with Crippen molar-refractivity contribution in [2.45, 2.75) is 25.3 Å². The van der Waals surface area contributed by atoms with E-state index in [1.165, 1.54) is 0 Å². The molecule has 184 valence electrons. The zero-order chi connectivity index (χ0) is 25.8. The van der Waals surface area contributed by atoms with Gasteiger partial charge in [-0.25, -0.2) is 0 Å². The Balaban J connectivity index is 1.49. The first kappa shape index (κ1) is 26.3. The zero-order valence-corrected chi connectivity index (χ0v) is 19.7. The molecule has 8 heteroatoms. The van der Waals surface area contributed by atoms with E-state index < -0.39 is 24.3 Å². The summed E-state index contributed by atoms with van der Waals surface area (Å²) >= 11 is 0. The van der Waals surface area contributed by atoms with Gasteiger partial charge in [0.15, 0.2) is 5.78 Å².